The second-order valence-corrected chi connectivity index (χ2v) is 6.26. The average Bonchev–Trinajstić information content (AvgIpc) is 3.07. The Kier molecular flexibility index (Phi) is 3.99. The predicted octanol–water partition coefficient (Wildman–Crippen LogP) is 3.00. The molecule has 3 atom stereocenters. The van der Waals surface area contributed by atoms with E-state index in [4.69, 9.17) is 11.6 Å². The largest absolute Gasteiger partial charge is 0.335 e. The number of hydrogen-bond donors (Lipinski definition) is 1. The highest BCUT2D eigenvalue weighted by molar-refractivity contribution is 6.31. The van der Waals surface area contributed by atoms with Crippen LogP contribution in [0.25, 0.3) is 0 Å². The number of nitrogens with zero attached hydrogens (tertiary/aromatic N) is 1. The van der Waals surface area contributed by atoms with Crippen LogP contribution in [-0.4, -0.2) is 29.9 Å². The van der Waals surface area contributed by atoms with E-state index >= 15 is 0 Å². The lowest BCUT2D eigenvalue weighted by Crippen LogP contribution is -2.39. The lowest BCUT2D eigenvalue weighted by atomic mass is 9.98. The normalized spacial score (nSPS) is 29.9. The van der Waals surface area contributed by atoms with Crippen molar-refractivity contribution in [1.82, 2.24) is 10.2 Å². The smallest absolute Gasteiger partial charge is 0.227 e. The molecule has 108 valence electrons. The second-order valence-electron chi connectivity index (χ2n) is 5.85. The second kappa shape index (κ2) is 5.74. The van der Waals surface area contributed by atoms with Crippen LogP contribution in [0.15, 0.2) is 24.3 Å². The van der Waals surface area contributed by atoms with Gasteiger partial charge in [0.1, 0.15) is 0 Å². The molecule has 0 aromatic heterocycles. The zero-order valence-corrected chi connectivity index (χ0v) is 12.6. The van der Waals surface area contributed by atoms with Gasteiger partial charge in [-0.05, 0) is 44.4 Å². The summed E-state index contributed by atoms with van der Waals surface area (Å²) < 4.78 is 0. The summed E-state index contributed by atoms with van der Waals surface area (Å²) in [4.78, 5) is 14.8. The van der Waals surface area contributed by atoms with E-state index in [0.29, 0.717) is 5.91 Å². The van der Waals surface area contributed by atoms with Crippen molar-refractivity contribution in [3.63, 3.8) is 0 Å². The highest BCUT2D eigenvalue weighted by Gasteiger charge is 2.38. The van der Waals surface area contributed by atoms with Crippen LogP contribution >= 0.6 is 11.6 Å². The number of amides is 1. The maximum atomic E-state index is 12.8. The molecule has 4 heteroatoms. The lowest BCUT2D eigenvalue weighted by Gasteiger charge is -2.29. The molecule has 1 N–H and O–H groups in total. The molecule has 2 fully saturated rings. The minimum Gasteiger partial charge on any atom is -0.335 e. The van der Waals surface area contributed by atoms with Gasteiger partial charge in [0, 0.05) is 17.6 Å². The minimum absolute atomic E-state index is 0.123. The van der Waals surface area contributed by atoms with Crippen LogP contribution < -0.4 is 5.32 Å². The molecule has 0 spiro atoms. The molecule has 3 rings (SSSR count). The van der Waals surface area contributed by atoms with Gasteiger partial charge in [-0.25, -0.2) is 0 Å². The average molecular weight is 293 g/mol. The highest BCUT2D eigenvalue weighted by Crippen LogP contribution is 2.37. The molecule has 3 nitrogen and oxygen atoms in total. The molecular formula is C16H21ClN2O. The van der Waals surface area contributed by atoms with Gasteiger partial charge in [0.05, 0.1) is 12.0 Å². The zero-order valence-electron chi connectivity index (χ0n) is 11.8. The topological polar surface area (TPSA) is 32.3 Å². The van der Waals surface area contributed by atoms with Gasteiger partial charge in [-0.3, -0.25) is 4.79 Å². The molecule has 0 saturated carbocycles. The van der Waals surface area contributed by atoms with Crippen molar-refractivity contribution in [2.45, 2.75) is 38.3 Å². The summed E-state index contributed by atoms with van der Waals surface area (Å²) in [5.41, 5.74) is 1.10. The van der Waals surface area contributed by atoms with E-state index in [1.165, 1.54) is 0 Å². The minimum atomic E-state index is 0.123. The third-order valence-electron chi connectivity index (χ3n) is 4.64. The van der Waals surface area contributed by atoms with E-state index < -0.39 is 0 Å². The summed E-state index contributed by atoms with van der Waals surface area (Å²) in [6.45, 7) is 3.91. The number of carbonyl (C=O) groups excluding carboxylic acids is 1. The highest BCUT2D eigenvalue weighted by atomic mass is 35.5. The lowest BCUT2D eigenvalue weighted by molar-refractivity contribution is -0.136. The quantitative estimate of drug-likeness (QED) is 0.909. The van der Waals surface area contributed by atoms with Gasteiger partial charge < -0.3 is 10.2 Å². The number of likely N-dealkylation sites (tertiary alicyclic amines) is 1. The molecule has 0 bridgehead atoms. The van der Waals surface area contributed by atoms with Crippen LogP contribution in [0.3, 0.4) is 0 Å². The van der Waals surface area contributed by atoms with E-state index in [9.17, 15) is 4.79 Å². The first kappa shape index (κ1) is 13.9. The van der Waals surface area contributed by atoms with Crippen molar-refractivity contribution in [1.29, 1.82) is 0 Å². The maximum absolute atomic E-state index is 12.8. The van der Waals surface area contributed by atoms with Crippen molar-refractivity contribution in [2.75, 3.05) is 13.1 Å². The number of carbonyl (C=O) groups is 1. The van der Waals surface area contributed by atoms with Crippen molar-refractivity contribution in [3.05, 3.63) is 34.9 Å². The van der Waals surface area contributed by atoms with Crippen LogP contribution in [0.2, 0.25) is 5.02 Å². The Bertz CT molecular complexity index is 505. The Hall–Kier alpha value is -1.06. The van der Waals surface area contributed by atoms with Crippen LogP contribution in [0.1, 0.15) is 37.8 Å². The van der Waals surface area contributed by atoms with E-state index in [-0.39, 0.29) is 18.0 Å². The Morgan fingerprint density at radius 2 is 2.15 bits per heavy atom. The van der Waals surface area contributed by atoms with E-state index in [2.05, 4.69) is 23.2 Å². The molecule has 2 aliphatic heterocycles. The Morgan fingerprint density at radius 3 is 2.85 bits per heavy atom. The molecule has 1 aromatic rings. The summed E-state index contributed by atoms with van der Waals surface area (Å²) in [6.07, 6.45) is 3.03. The molecule has 1 amide bonds. The standard InChI is InChI=1S/C16H21ClN2O/c1-11-12(8-9-18-11)16(20)19-10-4-7-15(19)13-5-2-3-6-14(13)17/h2-3,5-6,11-12,15,18H,4,7-10H2,1H3. The van der Waals surface area contributed by atoms with Crippen LogP contribution in [0, 0.1) is 5.92 Å². The van der Waals surface area contributed by atoms with Crippen LogP contribution in [-0.2, 0) is 4.79 Å². The van der Waals surface area contributed by atoms with Gasteiger partial charge in [0.25, 0.3) is 0 Å². The SMILES string of the molecule is CC1NCCC1C(=O)N1CCCC1c1ccccc1Cl. The Balaban J connectivity index is 1.82. The summed E-state index contributed by atoms with van der Waals surface area (Å²) in [5, 5.41) is 4.14. The van der Waals surface area contributed by atoms with E-state index in [1.807, 2.05) is 18.2 Å². The van der Waals surface area contributed by atoms with Crippen LogP contribution in [0.5, 0.6) is 0 Å². The van der Waals surface area contributed by atoms with Gasteiger partial charge >= 0.3 is 0 Å². The Morgan fingerprint density at radius 1 is 1.35 bits per heavy atom. The molecule has 1 aromatic carbocycles. The van der Waals surface area contributed by atoms with E-state index in [1.54, 1.807) is 0 Å². The Labute approximate surface area is 125 Å². The first-order valence-corrected chi connectivity index (χ1v) is 7.84. The first-order chi connectivity index (χ1) is 9.68. The third kappa shape index (κ3) is 2.45. The number of benzene rings is 1. The summed E-state index contributed by atoms with van der Waals surface area (Å²) in [7, 11) is 0. The van der Waals surface area contributed by atoms with Crippen molar-refractivity contribution >= 4 is 17.5 Å². The number of hydrogen-bond acceptors (Lipinski definition) is 2. The molecular weight excluding hydrogens is 272 g/mol. The molecule has 0 aliphatic carbocycles. The number of nitrogens with one attached hydrogen (secondary N) is 1. The first-order valence-electron chi connectivity index (χ1n) is 7.47. The fraction of sp³-hybridized carbons (Fsp3) is 0.562. The maximum Gasteiger partial charge on any atom is 0.227 e. The van der Waals surface area contributed by atoms with Crippen molar-refractivity contribution < 1.29 is 4.79 Å². The number of halogens is 1. The monoisotopic (exact) mass is 292 g/mol. The number of rotatable bonds is 2. The summed E-state index contributed by atoms with van der Waals surface area (Å²) in [5.74, 6) is 0.419. The third-order valence-corrected chi connectivity index (χ3v) is 4.99. The van der Waals surface area contributed by atoms with E-state index in [0.717, 1.165) is 42.9 Å². The summed E-state index contributed by atoms with van der Waals surface area (Å²) in [6, 6.07) is 8.35. The van der Waals surface area contributed by atoms with Crippen molar-refractivity contribution in [3.8, 4) is 0 Å². The molecule has 3 unspecified atom stereocenters. The van der Waals surface area contributed by atoms with Crippen molar-refractivity contribution in [2.24, 2.45) is 5.92 Å². The van der Waals surface area contributed by atoms with Gasteiger partial charge in [0.15, 0.2) is 0 Å². The molecule has 0 radical (unpaired) electrons. The zero-order chi connectivity index (χ0) is 14.1. The van der Waals surface area contributed by atoms with Gasteiger partial charge in [0.2, 0.25) is 5.91 Å². The molecule has 20 heavy (non-hydrogen) atoms. The molecule has 2 saturated heterocycles. The fourth-order valence-electron chi connectivity index (χ4n) is 3.51. The van der Waals surface area contributed by atoms with Crippen LogP contribution in [0.4, 0.5) is 0 Å². The predicted molar refractivity (Wildman–Crippen MR) is 80.7 cm³/mol. The van der Waals surface area contributed by atoms with Gasteiger partial charge in [-0.1, -0.05) is 29.8 Å². The van der Waals surface area contributed by atoms with Gasteiger partial charge in [-0.2, -0.15) is 0 Å². The molecule has 2 aliphatic rings. The fourth-order valence-corrected chi connectivity index (χ4v) is 3.77. The molecule has 2 heterocycles. The summed E-state index contributed by atoms with van der Waals surface area (Å²) >= 11 is 6.31. The van der Waals surface area contributed by atoms with Gasteiger partial charge in [-0.15, -0.1) is 0 Å².